The number of nitrogens with one attached hydrogen (secondary N) is 1. The van der Waals surface area contributed by atoms with Gasteiger partial charge in [0.2, 0.25) is 0 Å². The number of nitrogens with zero attached hydrogens (tertiary/aromatic N) is 1. The average molecular weight is 272 g/mol. The molecule has 1 N–H and O–H groups in total. The topological polar surface area (TPSA) is 50.8 Å². The average Bonchev–Trinajstić information content (AvgIpc) is 2.18. The fraction of sp³-hybridized carbons (Fsp3) is 0.929. The lowest BCUT2D eigenvalue weighted by Gasteiger charge is -2.40. The van der Waals surface area contributed by atoms with Crippen molar-refractivity contribution >= 4 is 6.09 Å². The minimum absolute atomic E-state index is 0.0956. The van der Waals surface area contributed by atoms with Crippen molar-refractivity contribution in [3.63, 3.8) is 0 Å². The second kappa shape index (κ2) is 6.09. The Labute approximate surface area is 116 Å². The summed E-state index contributed by atoms with van der Waals surface area (Å²) >= 11 is 0. The molecule has 1 rings (SSSR count). The summed E-state index contributed by atoms with van der Waals surface area (Å²) in [6.45, 7) is 12.1. The molecule has 1 fully saturated rings. The zero-order chi connectivity index (χ0) is 14.7. The Hall–Kier alpha value is -0.810. The van der Waals surface area contributed by atoms with E-state index in [2.05, 4.69) is 19.2 Å². The maximum Gasteiger partial charge on any atom is 0.410 e. The highest BCUT2D eigenvalue weighted by atomic mass is 16.6. The molecule has 0 bridgehead atoms. The lowest BCUT2D eigenvalue weighted by molar-refractivity contribution is 0.000341. The summed E-state index contributed by atoms with van der Waals surface area (Å²) < 4.78 is 10.7. The fourth-order valence-electron chi connectivity index (χ4n) is 1.76. The zero-order valence-corrected chi connectivity index (χ0v) is 13.1. The Bertz CT molecular complexity index is 304. The normalized spacial score (nSPS) is 17.3. The van der Waals surface area contributed by atoms with E-state index < -0.39 is 5.60 Å². The summed E-state index contributed by atoms with van der Waals surface area (Å²) in [6, 6.07) is 0.375. The molecule has 0 aliphatic carbocycles. The first kappa shape index (κ1) is 16.2. The largest absolute Gasteiger partial charge is 0.444 e. The van der Waals surface area contributed by atoms with E-state index in [0.29, 0.717) is 6.04 Å². The van der Waals surface area contributed by atoms with Gasteiger partial charge in [0.25, 0.3) is 0 Å². The highest BCUT2D eigenvalue weighted by molar-refractivity contribution is 5.69. The standard InChI is InChI=1S/C14H28N2O3/c1-13(2,3)19-12(17)16-9-11(10-16)15-8-7-14(4,5)18-6/h11,15H,7-10H2,1-6H3. The summed E-state index contributed by atoms with van der Waals surface area (Å²) in [7, 11) is 1.73. The SMILES string of the molecule is COC(C)(C)CCNC1CN(C(=O)OC(C)(C)C)C1. The van der Waals surface area contributed by atoms with Gasteiger partial charge < -0.3 is 19.7 Å². The van der Waals surface area contributed by atoms with E-state index in [-0.39, 0.29) is 11.7 Å². The van der Waals surface area contributed by atoms with Crippen LogP contribution in [0.1, 0.15) is 41.0 Å². The number of carbonyl (C=O) groups excluding carboxylic acids is 1. The number of hydrogen-bond donors (Lipinski definition) is 1. The highest BCUT2D eigenvalue weighted by Crippen LogP contribution is 2.16. The molecule has 0 aromatic heterocycles. The summed E-state index contributed by atoms with van der Waals surface area (Å²) in [6.07, 6.45) is 0.731. The summed E-state index contributed by atoms with van der Waals surface area (Å²) in [4.78, 5) is 13.4. The van der Waals surface area contributed by atoms with Crippen molar-refractivity contribution in [1.82, 2.24) is 10.2 Å². The summed E-state index contributed by atoms with van der Waals surface area (Å²) in [5.41, 5.74) is -0.514. The van der Waals surface area contributed by atoms with Crippen molar-refractivity contribution < 1.29 is 14.3 Å². The van der Waals surface area contributed by atoms with Crippen LogP contribution in [-0.4, -0.2) is 55.0 Å². The molecule has 0 aromatic carbocycles. The van der Waals surface area contributed by atoms with Gasteiger partial charge in [-0.1, -0.05) is 0 Å². The Morgan fingerprint density at radius 1 is 1.26 bits per heavy atom. The number of carbonyl (C=O) groups is 1. The molecule has 112 valence electrons. The lowest BCUT2D eigenvalue weighted by atomic mass is 10.0. The van der Waals surface area contributed by atoms with Crippen LogP contribution >= 0.6 is 0 Å². The third-order valence-corrected chi connectivity index (χ3v) is 3.25. The lowest BCUT2D eigenvalue weighted by Crippen LogP contribution is -2.60. The third-order valence-electron chi connectivity index (χ3n) is 3.25. The van der Waals surface area contributed by atoms with Gasteiger partial charge in [-0.05, 0) is 47.6 Å². The molecule has 1 heterocycles. The van der Waals surface area contributed by atoms with Crippen molar-refractivity contribution in [2.75, 3.05) is 26.7 Å². The molecule has 1 saturated heterocycles. The minimum Gasteiger partial charge on any atom is -0.444 e. The van der Waals surface area contributed by atoms with Crippen molar-refractivity contribution in [3.05, 3.63) is 0 Å². The van der Waals surface area contributed by atoms with Gasteiger partial charge in [0.15, 0.2) is 0 Å². The smallest absolute Gasteiger partial charge is 0.410 e. The zero-order valence-electron chi connectivity index (χ0n) is 13.1. The molecule has 1 amide bonds. The predicted octanol–water partition coefficient (Wildman–Crippen LogP) is 2.01. The maximum absolute atomic E-state index is 11.7. The molecule has 0 atom stereocenters. The molecule has 5 heteroatoms. The second-order valence-corrected chi connectivity index (χ2v) is 6.75. The van der Waals surface area contributed by atoms with Crippen molar-refractivity contribution in [2.24, 2.45) is 0 Å². The molecule has 1 aliphatic heterocycles. The van der Waals surface area contributed by atoms with Crippen LogP contribution in [0.3, 0.4) is 0 Å². The molecule has 5 nitrogen and oxygen atoms in total. The van der Waals surface area contributed by atoms with E-state index in [1.165, 1.54) is 0 Å². The van der Waals surface area contributed by atoms with E-state index in [9.17, 15) is 4.79 Å². The monoisotopic (exact) mass is 272 g/mol. The van der Waals surface area contributed by atoms with Gasteiger partial charge in [-0.15, -0.1) is 0 Å². The van der Waals surface area contributed by atoms with E-state index in [1.807, 2.05) is 20.8 Å². The number of rotatable bonds is 5. The molecular weight excluding hydrogens is 244 g/mol. The summed E-state index contributed by atoms with van der Waals surface area (Å²) in [5.74, 6) is 0. The van der Waals surface area contributed by atoms with Gasteiger partial charge in [0.1, 0.15) is 5.60 Å². The molecular formula is C14H28N2O3. The molecule has 1 aliphatic rings. The quantitative estimate of drug-likeness (QED) is 0.832. The Morgan fingerprint density at radius 2 is 1.84 bits per heavy atom. The van der Waals surface area contributed by atoms with Crippen LogP contribution in [0, 0.1) is 0 Å². The number of ether oxygens (including phenoxy) is 2. The first-order valence-electron chi connectivity index (χ1n) is 6.89. The van der Waals surface area contributed by atoms with Gasteiger partial charge in [0.05, 0.1) is 5.60 Å². The van der Waals surface area contributed by atoms with Crippen molar-refractivity contribution in [2.45, 2.75) is 58.3 Å². The van der Waals surface area contributed by atoms with Crippen molar-refractivity contribution in [1.29, 1.82) is 0 Å². The second-order valence-electron chi connectivity index (χ2n) is 6.75. The van der Waals surface area contributed by atoms with Gasteiger partial charge in [0, 0.05) is 26.2 Å². The number of amides is 1. The number of likely N-dealkylation sites (tertiary alicyclic amines) is 1. The molecule has 0 saturated carbocycles. The van der Waals surface area contributed by atoms with Gasteiger partial charge in [-0.3, -0.25) is 0 Å². The molecule has 19 heavy (non-hydrogen) atoms. The molecule has 0 spiro atoms. The van der Waals surface area contributed by atoms with E-state index in [1.54, 1.807) is 12.0 Å². The van der Waals surface area contributed by atoms with Crippen LogP contribution in [-0.2, 0) is 9.47 Å². The van der Waals surface area contributed by atoms with Crippen molar-refractivity contribution in [3.8, 4) is 0 Å². The van der Waals surface area contributed by atoms with E-state index in [4.69, 9.17) is 9.47 Å². The summed E-state index contributed by atoms with van der Waals surface area (Å²) in [5, 5.41) is 3.43. The van der Waals surface area contributed by atoms with Crippen LogP contribution in [0.5, 0.6) is 0 Å². The van der Waals surface area contributed by atoms with Gasteiger partial charge in [-0.2, -0.15) is 0 Å². The minimum atomic E-state index is -0.419. The first-order valence-corrected chi connectivity index (χ1v) is 6.89. The van der Waals surface area contributed by atoms with Gasteiger partial charge >= 0.3 is 6.09 Å². The molecule has 0 aromatic rings. The highest BCUT2D eigenvalue weighted by Gasteiger charge is 2.33. The van der Waals surface area contributed by atoms with E-state index >= 15 is 0 Å². The predicted molar refractivity (Wildman–Crippen MR) is 75.3 cm³/mol. The van der Waals surface area contributed by atoms with E-state index in [0.717, 1.165) is 26.1 Å². The van der Waals surface area contributed by atoms with Crippen LogP contribution < -0.4 is 5.32 Å². The Kier molecular flexibility index (Phi) is 5.21. The van der Waals surface area contributed by atoms with Crippen LogP contribution in [0.4, 0.5) is 4.79 Å². The molecule has 0 radical (unpaired) electrons. The van der Waals surface area contributed by atoms with Crippen LogP contribution in [0.15, 0.2) is 0 Å². The Morgan fingerprint density at radius 3 is 2.32 bits per heavy atom. The maximum atomic E-state index is 11.7. The molecule has 0 unspecified atom stereocenters. The Balaban J connectivity index is 2.15. The number of hydrogen-bond acceptors (Lipinski definition) is 4. The van der Waals surface area contributed by atoms with Crippen LogP contribution in [0.2, 0.25) is 0 Å². The fourth-order valence-corrected chi connectivity index (χ4v) is 1.76. The van der Waals surface area contributed by atoms with Crippen LogP contribution in [0.25, 0.3) is 0 Å². The van der Waals surface area contributed by atoms with Gasteiger partial charge in [-0.25, -0.2) is 4.79 Å². The third kappa shape index (κ3) is 5.78. The first-order chi connectivity index (χ1) is 8.63. The number of methoxy groups -OCH3 is 1.